The van der Waals surface area contributed by atoms with Gasteiger partial charge in [0.25, 0.3) is 0 Å². The summed E-state index contributed by atoms with van der Waals surface area (Å²) in [5.41, 5.74) is 6.56. The largest absolute Gasteiger partial charge is 0.384 e. The van der Waals surface area contributed by atoms with Crippen LogP contribution < -0.4 is 11.1 Å². The summed E-state index contributed by atoms with van der Waals surface area (Å²) in [6.45, 7) is 0.396. The lowest BCUT2D eigenvalue weighted by Gasteiger charge is -2.05. The van der Waals surface area contributed by atoms with Crippen molar-refractivity contribution in [3.63, 3.8) is 0 Å². The number of nitrogens with one attached hydrogen (secondary N) is 1. The van der Waals surface area contributed by atoms with Gasteiger partial charge >= 0.3 is 0 Å². The van der Waals surface area contributed by atoms with E-state index in [9.17, 15) is 4.39 Å². The highest BCUT2D eigenvalue weighted by molar-refractivity contribution is 5.43. The fraction of sp³-hybridized carbons (Fsp3) is 0.200. The molecule has 2 aromatic heterocycles. The standard InChI is InChI=1S/C10H12FN5/c1-16-9(12)7(6-15-16)5-14-10-8(11)3-2-4-13-10/h2-4,6H,5,12H2,1H3,(H,13,14). The van der Waals surface area contributed by atoms with E-state index >= 15 is 0 Å². The molecule has 16 heavy (non-hydrogen) atoms. The van der Waals surface area contributed by atoms with Crippen molar-refractivity contribution in [2.45, 2.75) is 6.54 Å². The van der Waals surface area contributed by atoms with Crippen LogP contribution in [0.25, 0.3) is 0 Å². The van der Waals surface area contributed by atoms with Gasteiger partial charge in [-0.2, -0.15) is 5.10 Å². The van der Waals surface area contributed by atoms with Crippen LogP contribution in [0.5, 0.6) is 0 Å². The Bertz CT molecular complexity index is 494. The van der Waals surface area contributed by atoms with Gasteiger partial charge in [-0.25, -0.2) is 9.37 Å². The van der Waals surface area contributed by atoms with Crippen molar-refractivity contribution in [2.75, 3.05) is 11.1 Å². The number of nitrogens with zero attached hydrogens (tertiary/aromatic N) is 3. The van der Waals surface area contributed by atoms with Gasteiger partial charge in [-0.05, 0) is 12.1 Å². The van der Waals surface area contributed by atoms with Gasteiger partial charge in [0.05, 0.1) is 6.20 Å². The van der Waals surface area contributed by atoms with Crippen LogP contribution in [0, 0.1) is 5.82 Å². The van der Waals surface area contributed by atoms with Crippen molar-refractivity contribution in [3.8, 4) is 0 Å². The van der Waals surface area contributed by atoms with Gasteiger partial charge in [0.1, 0.15) is 5.82 Å². The Hall–Kier alpha value is -2.11. The third-order valence-corrected chi connectivity index (χ3v) is 2.27. The molecule has 0 atom stereocenters. The molecule has 0 aliphatic carbocycles. The molecule has 0 aliphatic rings. The van der Waals surface area contributed by atoms with E-state index in [2.05, 4.69) is 15.4 Å². The number of anilines is 2. The van der Waals surface area contributed by atoms with E-state index in [-0.39, 0.29) is 11.6 Å². The average Bonchev–Trinajstić information content (AvgIpc) is 2.59. The maximum absolute atomic E-state index is 13.2. The van der Waals surface area contributed by atoms with Gasteiger partial charge in [0.15, 0.2) is 11.6 Å². The second-order valence-corrected chi connectivity index (χ2v) is 3.37. The molecule has 0 saturated heterocycles. The summed E-state index contributed by atoms with van der Waals surface area (Å²) < 4.78 is 14.8. The molecule has 5 nitrogen and oxygen atoms in total. The lowest BCUT2D eigenvalue weighted by atomic mass is 10.3. The third-order valence-electron chi connectivity index (χ3n) is 2.27. The summed E-state index contributed by atoms with van der Waals surface area (Å²) in [5, 5.41) is 6.85. The van der Waals surface area contributed by atoms with E-state index in [0.717, 1.165) is 5.56 Å². The predicted molar refractivity (Wildman–Crippen MR) is 59.1 cm³/mol. The number of rotatable bonds is 3. The van der Waals surface area contributed by atoms with Crippen molar-refractivity contribution in [3.05, 3.63) is 35.9 Å². The summed E-state index contributed by atoms with van der Waals surface area (Å²) in [6.07, 6.45) is 3.17. The molecule has 3 N–H and O–H groups in total. The van der Waals surface area contributed by atoms with Crippen molar-refractivity contribution in [2.24, 2.45) is 7.05 Å². The molecule has 0 aliphatic heterocycles. The first-order valence-electron chi connectivity index (χ1n) is 4.79. The van der Waals surface area contributed by atoms with Crippen LogP contribution in [0.1, 0.15) is 5.56 Å². The number of hydrogen-bond acceptors (Lipinski definition) is 4. The Balaban J connectivity index is 2.08. The van der Waals surface area contributed by atoms with Crippen LogP contribution in [-0.4, -0.2) is 14.8 Å². The lowest BCUT2D eigenvalue weighted by Crippen LogP contribution is -2.06. The molecule has 84 valence electrons. The second-order valence-electron chi connectivity index (χ2n) is 3.37. The Morgan fingerprint density at radius 3 is 3.00 bits per heavy atom. The summed E-state index contributed by atoms with van der Waals surface area (Å²) in [4.78, 5) is 3.88. The van der Waals surface area contributed by atoms with Crippen LogP contribution in [0.4, 0.5) is 16.0 Å². The SMILES string of the molecule is Cn1ncc(CNc2ncccc2F)c1N. The minimum atomic E-state index is -0.384. The quantitative estimate of drug-likeness (QED) is 0.815. The Kier molecular flexibility index (Phi) is 2.72. The monoisotopic (exact) mass is 221 g/mol. The minimum absolute atomic E-state index is 0.214. The van der Waals surface area contributed by atoms with Gasteiger partial charge in [0, 0.05) is 25.4 Å². The zero-order valence-electron chi connectivity index (χ0n) is 8.81. The fourth-order valence-corrected chi connectivity index (χ4v) is 1.32. The van der Waals surface area contributed by atoms with Crippen molar-refractivity contribution in [1.29, 1.82) is 0 Å². The maximum Gasteiger partial charge on any atom is 0.165 e. The highest BCUT2D eigenvalue weighted by Crippen LogP contribution is 2.13. The van der Waals surface area contributed by atoms with Crippen LogP contribution in [0.3, 0.4) is 0 Å². The van der Waals surface area contributed by atoms with Crippen LogP contribution in [0.2, 0.25) is 0 Å². The van der Waals surface area contributed by atoms with E-state index in [1.54, 1.807) is 24.0 Å². The van der Waals surface area contributed by atoms with Crippen molar-refractivity contribution in [1.82, 2.24) is 14.8 Å². The molecule has 2 rings (SSSR count). The molecule has 0 spiro atoms. The van der Waals surface area contributed by atoms with Crippen LogP contribution in [0.15, 0.2) is 24.5 Å². The van der Waals surface area contributed by atoms with Crippen molar-refractivity contribution >= 4 is 11.6 Å². The molecule has 6 heteroatoms. The zero-order chi connectivity index (χ0) is 11.5. The van der Waals surface area contributed by atoms with Crippen LogP contribution >= 0.6 is 0 Å². The molecule has 0 amide bonds. The molecule has 2 aromatic rings. The second kappa shape index (κ2) is 4.18. The van der Waals surface area contributed by atoms with E-state index in [1.807, 2.05) is 0 Å². The Morgan fingerprint density at radius 2 is 2.38 bits per heavy atom. The highest BCUT2D eigenvalue weighted by atomic mass is 19.1. The third kappa shape index (κ3) is 1.95. The molecule has 0 radical (unpaired) electrons. The normalized spacial score (nSPS) is 10.4. The van der Waals surface area contributed by atoms with Gasteiger partial charge in [-0.15, -0.1) is 0 Å². The number of halogens is 1. The fourth-order valence-electron chi connectivity index (χ4n) is 1.32. The van der Waals surface area contributed by atoms with E-state index < -0.39 is 0 Å². The first-order chi connectivity index (χ1) is 7.68. The molecule has 0 bridgehead atoms. The summed E-state index contributed by atoms with van der Waals surface area (Å²) >= 11 is 0. The smallest absolute Gasteiger partial charge is 0.165 e. The van der Waals surface area contributed by atoms with Gasteiger partial charge in [-0.3, -0.25) is 4.68 Å². The molecule has 0 fully saturated rings. The van der Waals surface area contributed by atoms with Gasteiger partial charge in [-0.1, -0.05) is 0 Å². The average molecular weight is 221 g/mol. The molecule has 0 saturated carbocycles. The topological polar surface area (TPSA) is 68.8 Å². The zero-order valence-corrected chi connectivity index (χ0v) is 8.81. The first kappa shape index (κ1) is 10.4. The first-order valence-corrected chi connectivity index (χ1v) is 4.79. The highest BCUT2D eigenvalue weighted by Gasteiger charge is 2.06. The summed E-state index contributed by atoms with van der Waals surface area (Å²) in [5.74, 6) is 0.388. The van der Waals surface area contributed by atoms with Crippen molar-refractivity contribution < 1.29 is 4.39 Å². The number of aryl methyl sites for hydroxylation is 1. The van der Waals surface area contributed by atoms with Crippen LogP contribution in [-0.2, 0) is 13.6 Å². The molecule has 2 heterocycles. The molecular weight excluding hydrogens is 209 g/mol. The van der Waals surface area contributed by atoms with E-state index in [0.29, 0.717) is 12.4 Å². The summed E-state index contributed by atoms with van der Waals surface area (Å²) in [6, 6.07) is 2.89. The summed E-state index contributed by atoms with van der Waals surface area (Å²) in [7, 11) is 1.75. The number of aromatic nitrogens is 3. The predicted octanol–water partition coefficient (Wildman–Crippen LogP) is 1.15. The maximum atomic E-state index is 13.2. The van der Waals surface area contributed by atoms with Gasteiger partial charge < -0.3 is 11.1 Å². The van der Waals surface area contributed by atoms with Gasteiger partial charge in [0.2, 0.25) is 0 Å². The minimum Gasteiger partial charge on any atom is -0.384 e. The number of hydrogen-bond donors (Lipinski definition) is 2. The van der Waals surface area contributed by atoms with E-state index in [1.165, 1.54) is 12.3 Å². The number of nitrogen functional groups attached to an aromatic ring is 1. The Labute approximate surface area is 92.1 Å². The Morgan fingerprint density at radius 1 is 1.56 bits per heavy atom. The molecule has 0 unspecified atom stereocenters. The molecular formula is C10H12FN5. The molecule has 0 aromatic carbocycles. The number of nitrogens with two attached hydrogens (primary N) is 1. The lowest BCUT2D eigenvalue weighted by molar-refractivity contribution is 0.624. The van der Waals surface area contributed by atoms with E-state index in [4.69, 9.17) is 5.73 Å². The number of pyridine rings is 1.